The third-order valence-electron chi connectivity index (χ3n) is 2.94. The number of ether oxygens (including phenoxy) is 1. The summed E-state index contributed by atoms with van der Waals surface area (Å²) in [7, 11) is 0. The van der Waals surface area contributed by atoms with Crippen LogP contribution in [-0.2, 0) is 13.0 Å². The quantitative estimate of drug-likeness (QED) is 0.829. The Bertz CT molecular complexity index is 564. The molecule has 100 valence electrons. The molecule has 0 aromatic heterocycles. The van der Waals surface area contributed by atoms with E-state index in [1.54, 1.807) is 6.07 Å². The number of hydrogen-bond acceptors (Lipinski definition) is 2. The van der Waals surface area contributed by atoms with Crippen molar-refractivity contribution < 1.29 is 4.74 Å². The van der Waals surface area contributed by atoms with Gasteiger partial charge in [-0.25, -0.2) is 0 Å². The molecule has 0 heterocycles. The summed E-state index contributed by atoms with van der Waals surface area (Å²) < 4.78 is 5.73. The van der Waals surface area contributed by atoms with E-state index in [0.717, 1.165) is 28.3 Å². The van der Waals surface area contributed by atoms with E-state index in [-0.39, 0.29) is 0 Å². The number of aryl methyl sites for hydroxylation is 1. The molecule has 0 aliphatic carbocycles. The van der Waals surface area contributed by atoms with E-state index >= 15 is 0 Å². The second kappa shape index (κ2) is 6.18. The Balaban J connectivity index is 2.15. The van der Waals surface area contributed by atoms with Gasteiger partial charge in [0, 0.05) is 21.3 Å². The molecular formula is C15H15Cl2NO. The molecule has 0 unspecified atom stereocenters. The number of anilines is 1. The van der Waals surface area contributed by atoms with E-state index < -0.39 is 0 Å². The Morgan fingerprint density at radius 3 is 2.58 bits per heavy atom. The zero-order chi connectivity index (χ0) is 13.8. The predicted octanol–water partition coefficient (Wildman–Crippen LogP) is 4.72. The van der Waals surface area contributed by atoms with Crippen LogP contribution < -0.4 is 10.5 Å². The zero-order valence-electron chi connectivity index (χ0n) is 10.6. The van der Waals surface area contributed by atoms with Crippen LogP contribution >= 0.6 is 23.2 Å². The standard InChI is InChI=1S/C15H15Cl2NO/c1-2-10-8-11(6-7-13(10)16)19-9-12-14(17)4-3-5-15(12)18/h3-8H,2,9,18H2,1H3. The molecule has 0 amide bonds. The molecule has 2 aromatic rings. The molecule has 19 heavy (non-hydrogen) atoms. The minimum Gasteiger partial charge on any atom is -0.489 e. The minimum absolute atomic E-state index is 0.344. The topological polar surface area (TPSA) is 35.2 Å². The molecule has 2 nitrogen and oxygen atoms in total. The minimum atomic E-state index is 0.344. The predicted molar refractivity (Wildman–Crippen MR) is 81.0 cm³/mol. The van der Waals surface area contributed by atoms with Gasteiger partial charge in [0.25, 0.3) is 0 Å². The van der Waals surface area contributed by atoms with Gasteiger partial charge in [0.15, 0.2) is 0 Å². The van der Waals surface area contributed by atoms with Gasteiger partial charge in [-0.15, -0.1) is 0 Å². The van der Waals surface area contributed by atoms with E-state index in [4.69, 9.17) is 33.7 Å². The van der Waals surface area contributed by atoms with Gasteiger partial charge in [-0.2, -0.15) is 0 Å². The Morgan fingerprint density at radius 2 is 1.89 bits per heavy atom. The summed E-state index contributed by atoms with van der Waals surface area (Å²) in [6, 6.07) is 11.0. The number of hydrogen-bond donors (Lipinski definition) is 1. The van der Waals surface area contributed by atoms with E-state index in [0.29, 0.717) is 17.3 Å². The van der Waals surface area contributed by atoms with Crippen LogP contribution in [0.15, 0.2) is 36.4 Å². The second-order valence-corrected chi connectivity index (χ2v) is 5.02. The fraction of sp³-hybridized carbons (Fsp3) is 0.200. The summed E-state index contributed by atoms with van der Waals surface area (Å²) >= 11 is 12.2. The van der Waals surface area contributed by atoms with Crippen LogP contribution in [-0.4, -0.2) is 0 Å². The van der Waals surface area contributed by atoms with Crippen LogP contribution in [0.3, 0.4) is 0 Å². The highest BCUT2D eigenvalue weighted by molar-refractivity contribution is 6.31. The average molecular weight is 296 g/mol. The number of nitrogens with two attached hydrogens (primary N) is 1. The summed E-state index contributed by atoms with van der Waals surface area (Å²) in [5.41, 5.74) is 8.38. The van der Waals surface area contributed by atoms with Gasteiger partial charge in [-0.1, -0.05) is 36.2 Å². The molecule has 4 heteroatoms. The molecule has 0 radical (unpaired) electrons. The zero-order valence-corrected chi connectivity index (χ0v) is 12.1. The lowest BCUT2D eigenvalue weighted by molar-refractivity contribution is 0.306. The molecule has 0 fully saturated rings. The van der Waals surface area contributed by atoms with Crippen LogP contribution in [0.25, 0.3) is 0 Å². The van der Waals surface area contributed by atoms with Crippen molar-refractivity contribution in [2.24, 2.45) is 0 Å². The van der Waals surface area contributed by atoms with Gasteiger partial charge < -0.3 is 10.5 Å². The van der Waals surface area contributed by atoms with Crippen molar-refractivity contribution in [3.63, 3.8) is 0 Å². The summed E-state index contributed by atoms with van der Waals surface area (Å²) in [5.74, 6) is 0.764. The lowest BCUT2D eigenvalue weighted by Gasteiger charge is -2.11. The molecule has 0 aliphatic rings. The van der Waals surface area contributed by atoms with Gasteiger partial charge in [0.2, 0.25) is 0 Å². The van der Waals surface area contributed by atoms with Crippen molar-refractivity contribution in [3.8, 4) is 5.75 Å². The molecule has 2 aromatic carbocycles. The maximum Gasteiger partial charge on any atom is 0.120 e. The number of halogens is 2. The van der Waals surface area contributed by atoms with Gasteiger partial charge in [-0.05, 0) is 42.3 Å². The molecular weight excluding hydrogens is 281 g/mol. The number of nitrogen functional groups attached to an aromatic ring is 1. The number of benzene rings is 2. The van der Waals surface area contributed by atoms with Crippen molar-refractivity contribution in [3.05, 3.63) is 57.6 Å². The first-order valence-electron chi connectivity index (χ1n) is 6.06. The van der Waals surface area contributed by atoms with Crippen LogP contribution in [0, 0.1) is 0 Å². The maximum absolute atomic E-state index is 6.10. The summed E-state index contributed by atoms with van der Waals surface area (Å²) in [5, 5.41) is 1.37. The third-order valence-corrected chi connectivity index (χ3v) is 3.66. The van der Waals surface area contributed by atoms with Crippen LogP contribution in [0.5, 0.6) is 5.75 Å². The smallest absolute Gasteiger partial charge is 0.120 e. The molecule has 0 saturated heterocycles. The Kier molecular flexibility index (Phi) is 4.56. The van der Waals surface area contributed by atoms with Gasteiger partial charge in [0.05, 0.1) is 0 Å². The van der Waals surface area contributed by atoms with Crippen molar-refractivity contribution in [1.29, 1.82) is 0 Å². The van der Waals surface area contributed by atoms with Crippen LogP contribution in [0.1, 0.15) is 18.1 Å². The summed E-state index contributed by atoms with van der Waals surface area (Å²) in [4.78, 5) is 0. The van der Waals surface area contributed by atoms with Gasteiger partial charge >= 0.3 is 0 Å². The van der Waals surface area contributed by atoms with Crippen molar-refractivity contribution >= 4 is 28.9 Å². The molecule has 0 aliphatic heterocycles. The van der Waals surface area contributed by atoms with Crippen LogP contribution in [0.4, 0.5) is 5.69 Å². The SMILES string of the molecule is CCc1cc(OCc2c(N)cccc2Cl)ccc1Cl. The monoisotopic (exact) mass is 295 g/mol. The maximum atomic E-state index is 6.10. The van der Waals surface area contributed by atoms with Crippen molar-refractivity contribution in [2.45, 2.75) is 20.0 Å². The molecule has 0 saturated carbocycles. The first-order valence-corrected chi connectivity index (χ1v) is 6.81. The summed E-state index contributed by atoms with van der Waals surface area (Å²) in [6.45, 7) is 2.40. The highest BCUT2D eigenvalue weighted by atomic mass is 35.5. The normalized spacial score (nSPS) is 10.5. The fourth-order valence-corrected chi connectivity index (χ4v) is 2.28. The highest BCUT2D eigenvalue weighted by Crippen LogP contribution is 2.26. The van der Waals surface area contributed by atoms with E-state index in [1.165, 1.54) is 0 Å². The molecule has 2 rings (SSSR count). The van der Waals surface area contributed by atoms with Crippen molar-refractivity contribution in [2.75, 3.05) is 5.73 Å². The summed E-state index contributed by atoms with van der Waals surface area (Å²) in [6.07, 6.45) is 0.865. The second-order valence-electron chi connectivity index (χ2n) is 4.20. The molecule has 0 spiro atoms. The fourth-order valence-electron chi connectivity index (χ4n) is 1.79. The average Bonchev–Trinajstić information content (AvgIpc) is 2.40. The Labute approximate surface area is 123 Å². The van der Waals surface area contributed by atoms with Crippen LogP contribution in [0.2, 0.25) is 10.0 Å². The van der Waals surface area contributed by atoms with E-state index in [2.05, 4.69) is 6.92 Å². The molecule has 2 N–H and O–H groups in total. The van der Waals surface area contributed by atoms with Gasteiger partial charge in [-0.3, -0.25) is 0 Å². The van der Waals surface area contributed by atoms with E-state index in [9.17, 15) is 0 Å². The number of rotatable bonds is 4. The van der Waals surface area contributed by atoms with E-state index in [1.807, 2.05) is 30.3 Å². The van der Waals surface area contributed by atoms with Crippen molar-refractivity contribution in [1.82, 2.24) is 0 Å². The molecule has 0 bridgehead atoms. The lowest BCUT2D eigenvalue weighted by atomic mass is 10.1. The third kappa shape index (κ3) is 3.34. The lowest BCUT2D eigenvalue weighted by Crippen LogP contribution is -2.01. The van der Waals surface area contributed by atoms with Gasteiger partial charge in [0.1, 0.15) is 12.4 Å². The molecule has 0 atom stereocenters. The Hall–Kier alpha value is -1.38. The Morgan fingerprint density at radius 1 is 1.11 bits per heavy atom. The first-order chi connectivity index (χ1) is 9.11. The largest absolute Gasteiger partial charge is 0.489 e. The first kappa shape index (κ1) is 14.0. The highest BCUT2D eigenvalue weighted by Gasteiger charge is 2.06.